The van der Waals surface area contributed by atoms with Crippen molar-refractivity contribution in [3.63, 3.8) is 0 Å². The van der Waals surface area contributed by atoms with Crippen LogP contribution in [0.15, 0.2) is 42.0 Å². The Kier molecular flexibility index (Phi) is 8.35. The number of aryl methyl sites for hydroxylation is 1. The lowest BCUT2D eigenvalue weighted by Crippen LogP contribution is -2.42. The largest absolute Gasteiger partial charge is 0.507 e. The number of hydrogen-bond donors (Lipinski definition) is 1. The van der Waals surface area contributed by atoms with Gasteiger partial charge < -0.3 is 29.0 Å². The van der Waals surface area contributed by atoms with Gasteiger partial charge in [0.2, 0.25) is 0 Å². The van der Waals surface area contributed by atoms with E-state index in [1.54, 1.807) is 43.5 Å². The number of amides is 1. The highest BCUT2D eigenvalue weighted by Crippen LogP contribution is 2.42. The number of carbonyl (C=O) groups excluding carboxylic acids is 2. The first kappa shape index (κ1) is 26.5. The molecule has 0 bridgehead atoms. The van der Waals surface area contributed by atoms with Crippen molar-refractivity contribution in [1.29, 1.82) is 0 Å². The number of carbonyl (C=O) groups is 2. The van der Waals surface area contributed by atoms with Crippen LogP contribution in [-0.2, 0) is 14.3 Å². The third kappa shape index (κ3) is 5.42. The molecule has 0 spiro atoms. The summed E-state index contributed by atoms with van der Waals surface area (Å²) < 4.78 is 21.9. The Bertz CT molecular complexity index is 1190. The molecule has 198 valence electrons. The number of ether oxygens (including phenoxy) is 4. The zero-order valence-corrected chi connectivity index (χ0v) is 21.8. The molecule has 1 atom stereocenters. The predicted molar refractivity (Wildman–Crippen MR) is 138 cm³/mol. The number of aliphatic hydroxyl groups excluding tert-OH is 1. The van der Waals surface area contributed by atoms with Gasteiger partial charge in [0.05, 0.1) is 45.7 Å². The summed E-state index contributed by atoms with van der Waals surface area (Å²) in [5, 5.41) is 11.4. The quantitative estimate of drug-likeness (QED) is 0.312. The van der Waals surface area contributed by atoms with Gasteiger partial charge in [0, 0.05) is 31.7 Å². The predicted octanol–water partition coefficient (Wildman–Crippen LogP) is 3.16. The molecule has 2 heterocycles. The Morgan fingerprint density at radius 3 is 2.43 bits per heavy atom. The summed E-state index contributed by atoms with van der Waals surface area (Å²) in [4.78, 5) is 30.5. The fourth-order valence-electron chi connectivity index (χ4n) is 4.83. The van der Waals surface area contributed by atoms with Gasteiger partial charge >= 0.3 is 0 Å². The Morgan fingerprint density at radius 1 is 1.03 bits per heavy atom. The van der Waals surface area contributed by atoms with Gasteiger partial charge in [-0.3, -0.25) is 14.5 Å². The average molecular weight is 511 g/mol. The molecule has 0 unspecified atom stereocenters. The summed E-state index contributed by atoms with van der Waals surface area (Å²) >= 11 is 0. The zero-order chi connectivity index (χ0) is 26.5. The first-order chi connectivity index (χ1) is 17.9. The van der Waals surface area contributed by atoms with Crippen molar-refractivity contribution in [3.05, 3.63) is 58.7 Å². The molecule has 2 aliphatic rings. The second-order valence-electron chi connectivity index (χ2n) is 8.97. The van der Waals surface area contributed by atoms with Crippen LogP contribution in [0.25, 0.3) is 5.76 Å². The maximum Gasteiger partial charge on any atom is 0.295 e. The Labute approximate surface area is 217 Å². The van der Waals surface area contributed by atoms with Crippen molar-refractivity contribution in [1.82, 2.24) is 9.80 Å². The monoisotopic (exact) mass is 510 g/mol. The number of aliphatic hydroxyl groups is 1. The molecule has 2 saturated heterocycles. The minimum Gasteiger partial charge on any atom is -0.507 e. The number of methoxy groups -OCH3 is 2. The van der Waals surface area contributed by atoms with Gasteiger partial charge in [-0.2, -0.15) is 0 Å². The number of rotatable bonds is 9. The van der Waals surface area contributed by atoms with Gasteiger partial charge in [-0.05, 0) is 55.3 Å². The molecular weight excluding hydrogens is 476 g/mol. The normalized spacial score (nSPS) is 19.8. The maximum atomic E-state index is 13.4. The second kappa shape index (κ2) is 11.7. The molecule has 9 nitrogen and oxygen atoms in total. The molecule has 0 radical (unpaired) electrons. The summed E-state index contributed by atoms with van der Waals surface area (Å²) in [6.07, 6.45) is 0. The van der Waals surface area contributed by atoms with Crippen LogP contribution in [0.2, 0.25) is 0 Å². The standard InChI is InChI=1S/C28H34N2O7/c1-5-37-22-9-6-19(17-23(22)35-4)25-24(26(31)21-8-7-20(34-3)16-18(21)2)27(32)28(33)30(25)11-10-29-12-14-36-15-13-29/h6-9,16-17,25,31H,5,10-15H2,1-4H3/t25-/m0/s1. The molecule has 1 N–H and O–H groups in total. The van der Waals surface area contributed by atoms with E-state index in [9.17, 15) is 14.7 Å². The van der Waals surface area contributed by atoms with Crippen molar-refractivity contribution >= 4 is 17.4 Å². The van der Waals surface area contributed by atoms with Crippen molar-refractivity contribution in [2.45, 2.75) is 19.9 Å². The lowest BCUT2D eigenvalue weighted by Gasteiger charge is -2.31. The van der Waals surface area contributed by atoms with Crippen molar-refractivity contribution in [2.75, 3.05) is 60.2 Å². The third-order valence-electron chi connectivity index (χ3n) is 6.79. The minimum atomic E-state index is -0.785. The van der Waals surface area contributed by atoms with E-state index < -0.39 is 17.7 Å². The van der Waals surface area contributed by atoms with Gasteiger partial charge in [-0.15, -0.1) is 0 Å². The zero-order valence-electron chi connectivity index (χ0n) is 21.8. The Balaban J connectivity index is 1.80. The van der Waals surface area contributed by atoms with E-state index in [-0.39, 0.29) is 11.3 Å². The van der Waals surface area contributed by atoms with Crippen LogP contribution in [-0.4, -0.2) is 86.8 Å². The highest BCUT2D eigenvalue weighted by Gasteiger charge is 2.46. The fraction of sp³-hybridized carbons (Fsp3) is 0.429. The summed E-state index contributed by atoms with van der Waals surface area (Å²) in [7, 11) is 3.10. The smallest absolute Gasteiger partial charge is 0.295 e. The molecule has 9 heteroatoms. The van der Waals surface area contributed by atoms with E-state index >= 15 is 0 Å². The molecule has 2 aliphatic heterocycles. The molecular formula is C28H34N2O7. The molecule has 37 heavy (non-hydrogen) atoms. The number of Topliss-reactive ketones (excluding diaryl/α,β-unsaturated/α-hetero) is 1. The van der Waals surface area contributed by atoms with Crippen molar-refractivity contribution in [3.8, 4) is 17.2 Å². The van der Waals surface area contributed by atoms with Gasteiger partial charge in [0.1, 0.15) is 11.5 Å². The summed E-state index contributed by atoms with van der Waals surface area (Å²) in [6, 6.07) is 9.73. The van der Waals surface area contributed by atoms with Crippen LogP contribution < -0.4 is 14.2 Å². The van der Waals surface area contributed by atoms with Gasteiger partial charge in [-0.1, -0.05) is 6.07 Å². The lowest BCUT2D eigenvalue weighted by molar-refractivity contribution is -0.140. The fourth-order valence-corrected chi connectivity index (χ4v) is 4.83. The van der Waals surface area contributed by atoms with Crippen LogP contribution in [0, 0.1) is 6.92 Å². The summed E-state index contributed by atoms with van der Waals surface area (Å²) in [6.45, 7) is 7.86. The summed E-state index contributed by atoms with van der Waals surface area (Å²) in [5.41, 5.74) is 1.88. The molecule has 0 aromatic heterocycles. The van der Waals surface area contributed by atoms with Crippen LogP contribution in [0.5, 0.6) is 17.2 Å². The van der Waals surface area contributed by atoms with Gasteiger partial charge in [0.25, 0.3) is 11.7 Å². The molecule has 2 aromatic rings. The molecule has 0 aliphatic carbocycles. The number of morpholine rings is 1. The minimum absolute atomic E-state index is 0.0476. The van der Waals surface area contributed by atoms with E-state index in [0.717, 1.165) is 18.7 Å². The second-order valence-corrected chi connectivity index (χ2v) is 8.97. The summed E-state index contributed by atoms with van der Waals surface area (Å²) in [5.74, 6) is 0.105. The average Bonchev–Trinajstić information content (AvgIpc) is 3.17. The van der Waals surface area contributed by atoms with Crippen LogP contribution in [0.3, 0.4) is 0 Å². The highest BCUT2D eigenvalue weighted by molar-refractivity contribution is 6.46. The maximum absolute atomic E-state index is 13.4. The Hall–Kier alpha value is -3.56. The Morgan fingerprint density at radius 2 is 1.78 bits per heavy atom. The number of ketones is 1. The first-order valence-electron chi connectivity index (χ1n) is 12.4. The number of nitrogens with zero attached hydrogens (tertiary/aromatic N) is 2. The van der Waals surface area contributed by atoms with Crippen LogP contribution in [0.4, 0.5) is 0 Å². The lowest BCUT2D eigenvalue weighted by atomic mass is 9.93. The van der Waals surface area contributed by atoms with E-state index in [1.165, 1.54) is 12.0 Å². The van der Waals surface area contributed by atoms with E-state index in [1.807, 2.05) is 13.8 Å². The number of benzene rings is 2. The van der Waals surface area contributed by atoms with Crippen LogP contribution in [0.1, 0.15) is 29.7 Å². The van der Waals surface area contributed by atoms with Gasteiger partial charge in [-0.25, -0.2) is 0 Å². The van der Waals surface area contributed by atoms with E-state index in [4.69, 9.17) is 18.9 Å². The topological polar surface area (TPSA) is 97.8 Å². The first-order valence-corrected chi connectivity index (χ1v) is 12.4. The third-order valence-corrected chi connectivity index (χ3v) is 6.79. The van der Waals surface area contributed by atoms with E-state index in [0.29, 0.717) is 61.3 Å². The van der Waals surface area contributed by atoms with Crippen LogP contribution >= 0.6 is 0 Å². The van der Waals surface area contributed by atoms with Crippen molar-refractivity contribution in [2.24, 2.45) is 0 Å². The molecule has 2 aromatic carbocycles. The number of likely N-dealkylation sites (tertiary alicyclic amines) is 1. The molecule has 0 saturated carbocycles. The molecule has 1 amide bonds. The molecule has 2 fully saturated rings. The molecule has 4 rings (SSSR count). The highest BCUT2D eigenvalue weighted by atomic mass is 16.5. The van der Waals surface area contributed by atoms with E-state index in [2.05, 4.69) is 4.90 Å². The number of hydrogen-bond acceptors (Lipinski definition) is 8. The van der Waals surface area contributed by atoms with Crippen molar-refractivity contribution < 1.29 is 33.6 Å². The SMILES string of the molecule is CCOc1ccc([C@H]2C(=C(O)c3ccc(OC)cc3C)C(=O)C(=O)N2CCN2CCOCC2)cc1OC. The van der Waals surface area contributed by atoms with Gasteiger partial charge in [0.15, 0.2) is 11.5 Å².